The number of ether oxygens (including phenoxy) is 2. The molecule has 0 aromatic heterocycles. The zero-order valence-corrected chi connectivity index (χ0v) is 18.6. The van der Waals surface area contributed by atoms with Crippen molar-refractivity contribution in [1.82, 2.24) is 4.90 Å². The third-order valence-electron chi connectivity index (χ3n) is 5.60. The van der Waals surface area contributed by atoms with Crippen LogP contribution in [-0.4, -0.2) is 31.7 Å². The fourth-order valence-electron chi connectivity index (χ4n) is 4.03. The summed E-state index contributed by atoms with van der Waals surface area (Å²) in [5.41, 5.74) is 4.98. The van der Waals surface area contributed by atoms with E-state index < -0.39 is 0 Å². The molecule has 6 heteroatoms. The van der Waals surface area contributed by atoms with Crippen LogP contribution in [0.15, 0.2) is 60.7 Å². The van der Waals surface area contributed by atoms with Gasteiger partial charge in [0.1, 0.15) is 0 Å². The highest BCUT2D eigenvalue weighted by atomic mass is 35.5. The summed E-state index contributed by atoms with van der Waals surface area (Å²) in [5, 5.41) is 3.66. The maximum Gasteiger partial charge on any atom is 0.322 e. The van der Waals surface area contributed by atoms with Crippen LogP contribution in [-0.2, 0) is 6.42 Å². The Labute approximate surface area is 187 Å². The average Bonchev–Trinajstić information content (AvgIpc) is 2.78. The van der Waals surface area contributed by atoms with E-state index in [1.807, 2.05) is 72.5 Å². The van der Waals surface area contributed by atoms with E-state index in [1.165, 1.54) is 0 Å². The first-order valence-corrected chi connectivity index (χ1v) is 10.5. The Kier molecular flexibility index (Phi) is 6.05. The average molecular weight is 437 g/mol. The van der Waals surface area contributed by atoms with Crippen LogP contribution in [0.5, 0.6) is 11.5 Å². The second-order valence-corrected chi connectivity index (χ2v) is 8.04. The van der Waals surface area contributed by atoms with Gasteiger partial charge in [0, 0.05) is 17.3 Å². The molecule has 1 aliphatic heterocycles. The first-order chi connectivity index (χ1) is 15.0. The Bertz CT molecular complexity index is 1100. The molecule has 3 aromatic carbocycles. The van der Waals surface area contributed by atoms with E-state index in [0.29, 0.717) is 29.5 Å². The van der Waals surface area contributed by atoms with Crippen LogP contribution in [0.25, 0.3) is 0 Å². The number of fused-ring (bicyclic) bond motifs is 1. The van der Waals surface area contributed by atoms with E-state index in [4.69, 9.17) is 21.1 Å². The van der Waals surface area contributed by atoms with Crippen LogP contribution in [0.4, 0.5) is 10.5 Å². The number of methoxy groups -OCH3 is 2. The van der Waals surface area contributed by atoms with Crippen molar-refractivity contribution in [1.29, 1.82) is 0 Å². The molecule has 0 aliphatic carbocycles. The van der Waals surface area contributed by atoms with Gasteiger partial charge in [-0.25, -0.2) is 4.79 Å². The van der Waals surface area contributed by atoms with Gasteiger partial charge in [-0.05, 0) is 66.4 Å². The third kappa shape index (κ3) is 4.32. The molecule has 31 heavy (non-hydrogen) atoms. The molecule has 0 spiro atoms. The van der Waals surface area contributed by atoms with Crippen molar-refractivity contribution >= 4 is 23.3 Å². The van der Waals surface area contributed by atoms with Crippen molar-refractivity contribution in [2.24, 2.45) is 0 Å². The number of anilines is 1. The first-order valence-electron chi connectivity index (χ1n) is 10.1. The molecule has 4 rings (SSSR count). The van der Waals surface area contributed by atoms with Crippen molar-refractivity contribution < 1.29 is 14.3 Å². The summed E-state index contributed by atoms with van der Waals surface area (Å²) in [4.78, 5) is 15.2. The lowest BCUT2D eigenvalue weighted by Crippen LogP contribution is -2.43. The Morgan fingerprint density at radius 1 is 1.03 bits per heavy atom. The number of rotatable bonds is 4. The highest BCUT2D eigenvalue weighted by molar-refractivity contribution is 6.30. The first kappa shape index (κ1) is 21.1. The summed E-state index contributed by atoms with van der Waals surface area (Å²) >= 11 is 6.31. The molecule has 1 atom stereocenters. The normalized spacial score (nSPS) is 15.2. The Morgan fingerprint density at radius 2 is 1.74 bits per heavy atom. The summed E-state index contributed by atoms with van der Waals surface area (Å²) in [7, 11) is 3.24. The lowest BCUT2D eigenvalue weighted by Gasteiger charge is -2.38. The van der Waals surface area contributed by atoms with Crippen LogP contribution in [0.1, 0.15) is 28.3 Å². The number of nitrogens with one attached hydrogen (secondary N) is 1. The van der Waals surface area contributed by atoms with Crippen molar-refractivity contribution in [2.45, 2.75) is 19.4 Å². The summed E-state index contributed by atoms with van der Waals surface area (Å²) in [6, 6.07) is 18.9. The zero-order chi connectivity index (χ0) is 22.0. The van der Waals surface area contributed by atoms with Gasteiger partial charge < -0.3 is 19.7 Å². The number of hydrogen-bond acceptors (Lipinski definition) is 3. The number of hydrogen-bond donors (Lipinski definition) is 1. The van der Waals surface area contributed by atoms with Crippen LogP contribution < -0.4 is 14.8 Å². The number of amides is 2. The SMILES string of the molecule is COc1cc2c(cc1OC)[C@@H](c1cccc(Cl)c1)N(C(=O)Nc1ccc(C)cc1)CC2. The summed E-state index contributed by atoms with van der Waals surface area (Å²) in [6.45, 7) is 2.58. The maximum absolute atomic E-state index is 13.3. The van der Waals surface area contributed by atoms with Gasteiger partial charge >= 0.3 is 6.03 Å². The minimum Gasteiger partial charge on any atom is -0.493 e. The fourth-order valence-corrected chi connectivity index (χ4v) is 4.23. The molecule has 1 aliphatic rings. The van der Waals surface area contributed by atoms with E-state index in [0.717, 1.165) is 27.9 Å². The summed E-state index contributed by atoms with van der Waals surface area (Å²) in [6.07, 6.45) is 0.716. The van der Waals surface area contributed by atoms with E-state index in [1.54, 1.807) is 14.2 Å². The van der Waals surface area contributed by atoms with Crippen LogP contribution in [0, 0.1) is 6.92 Å². The monoisotopic (exact) mass is 436 g/mol. The summed E-state index contributed by atoms with van der Waals surface area (Å²) < 4.78 is 11.0. The third-order valence-corrected chi connectivity index (χ3v) is 5.84. The number of aryl methyl sites for hydroxylation is 1. The van der Waals surface area contributed by atoms with Gasteiger partial charge in [-0.2, -0.15) is 0 Å². The molecule has 3 aromatic rings. The minimum atomic E-state index is -0.298. The van der Waals surface area contributed by atoms with Crippen LogP contribution >= 0.6 is 11.6 Å². The molecular formula is C25H25ClN2O3. The smallest absolute Gasteiger partial charge is 0.322 e. The highest BCUT2D eigenvalue weighted by Crippen LogP contribution is 2.41. The van der Waals surface area contributed by atoms with Crippen molar-refractivity contribution in [3.05, 3.63) is 87.9 Å². The van der Waals surface area contributed by atoms with Crippen LogP contribution in [0.3, 0.4) is 0 Å². The Hall–Kier alpha value is -3.18. The predicted molar refractivity (Wildman–Crippen MR) is 123 cm³/mol. The number of carbonyl (C=O) groups excluding carboxylic acids is 1. The predicted octanol–water partition coefficient (Wildman–Crippen LogP) is 5.85. The molecule has 0 radical (unpaired) electrons. The van der Waals surface area contributed by atoms with E-state index in [-0.39, 0.29) is 12.1 Å². The molecule has 0 fully saturated rings. The van der Waals surface area contributed by atoms with Gasteiger partial charge in [0.15, 0.2) is 11.5 Å². The quantitative estimate of drug-likeness (QED) is 0.558. The van der Waals surface area contributed by atoms with Crippen molar-refractivity contribution in [3.8, 4) is 11.5 Å². The topological polar surface area (TPSA) is 50.8 Å². The molecule has 1 heterocycles. The Morgan fingerprint density at radius 3 is 2.42 bits per heavy atom. The maximum atomic E-state index is 13.3. The van der Waals surface area contributed by atoms with Crippen molar-refractivity contribution in [2.75, 3.05) is 26.1 Å². The lowest BCUT2D eigenvalue weighted by molar-refractivity contribution is 0.193. The summed E-state index contributed by atoms with van der Waals surface area (Å²) in [5.74, 6) is 1.32. The highest BCUT2D eigenvalue weighted by Gasteiger charge is 2.33. The number of benzene rings is 3. The molecule has 0 bridgehead atoms. The molecule has 160 valence electrons. The number of halogens is 1. The van der Waals surface area contributed by atoms with Crippen LogP contribution in [0.2, 0.25) is 5.02 Å². The van der Waals surface area contributed by atoms with Gasteiger partial charge in [-0.3, -0.25) is 0 Å². The second-order valence-electron chi connectivity index (χ2n) is 7.60. The van der Waals surface area contributed by atoms with Gasteiger partial charge in [-0.15, -0.1) is 0 Å². The van der Waals surface area contributed by atoms with E-state index in [2.05, 4.69) is 5.32 Å². The fraction of sp³-hybridized carbons (Fsp3) is 0.240. The van der Waals surface area contributed by atoms with Gasteiger partial charge in [0.05, 0.1) is 20.3 Å². The molecule has 5 nitrogen and oxygen atoms in total. The van der Waals surface area contributed by atoms with Gasteiger partial charge in [0.25, 0.3) is 0 Å². The standard InChI is InChI=1S/C25H25ClN2O3/c1-16-7-9-20(10-8-16)27-25(29)28-12-11-17-14-22(30-2)23(31-3)15-21(17)24(28)18-5-4-6-19(26)13-18/h4-10,13-15,24H,11-12H2,1-3H3,(H,27,29)/t24-/m1/s1. The van der Waals surface area contributed by atoms with Gasteiger partial charge in [0.2, 0.25) is 0 Å². The minimum absolute atomic E-state index is 0.158. The molecular weight excluding hydrogens is 412 g/mol. The number of urea groups is 1. The number of nitrogens with zero attached hydrogens (tertiary/aromatic N) is 1. The Balaban J connectivity index is 1.76. The lowest BCUT2D eigenvalue weighted by atomic mass is 9.88. The van der Waals surface area contributed by atoms with E-state index >= 15 is 0 Å². The molecule has 0 unspecified atom stereocenters. The molecule has 0 saturated heterocycles. The zero-order valence-electron chi connectivity index (χ0n) is 17.8. The largest absolute Gasteiger partial charge is 0.493 e. The molecule has 0 saturated carbocycles. The molecule has 1 N–H and O–H groups in total. The molecule has 2 amide bonds. The van der Waals surface area contributed by atoms with Crippen molar-refractivity contribution in [3.63, 3.8) is 0 Å². The van der Waals surface area contributed by atoms with Gasteiger partial charge in [-0.1, -0.05) is 41.4 Å². The second kappa shape index (κ2) is 8.90. The number of carbonyl (C=O) groups is 1. The van der Waals surface area contributed by atoms with E-state index in [9.17, 15) is 4.79 Å².